The van der Waals surface area contributed by atoms with E-state index in [-0.39, 0.29) is 12.0 Å². The number of hydrogen-bond acceptors (Lipinski definition) is 4. The van der Waals surface area contributed by atoms with E-state index in [9.17, 15) is 9.90 Å². The van der Waals surface area contributed by atoms with Gasteiger partial charge in [0.15, 0.2) is 0 Å². The van der Waals surface area contributed by atoms with E-state index in [1.807, 2.05) is 43.3 Å². The second-order valence-corrected chi connectivity index (χ2v) is 10.7. The largest absolute Gasteiger partial charge is 0.489 e. The molecule has 5 rings (SSSR count). The highest BCUT2D eigenvalue weighted by atomic mass is 35.5. The van der Waals surface area contributed by atoms with Gasteiger partial charge < -0.3 is 19.6 Å². The van der Waals surface area contributed by atoms with Gasteiger partial charge in [-0.1, -0.05) is 30.4 Å². The van der Waals surface area contributed by atoms with Crippen LogP contribution in [0.2, 0.25) is 5.02 Å². The van der Waals surface area contributed by atoms with Gasteiger partial charge in [0.25, 0.3) is 5.91 Å². The van der Waals surface area contributed by atoms with Crippen molar-refractivity contribution >= 4 is 23.2 Å². The Bertz CT molecular complexity index is 1180. The number of anilines is 1. The van der Waals surface area contributed by atoms with Crippen LogP contribution in [0.25, 0.3) is 0 Å². The molecule has 3 heterocycles. The minimum atomic E-state index is -1.01. The molecule has 0 aliphatic carbocycles. The number of halogens is 1. The van der Waals surface area contributed by atoms with Crippen LogP contribution in [-0.2, 0) is 6.42 Å². The molecule has 0 aromatic heterocycles. The van der Waals surface area contributed by atoms with Crippen LogP contribution in [0.1, 0.15) is 67.4 Å². The van der Waals surface area contributed by atoms with E-state index in [0.717, 1.165) is 36.1 Å². The molecule has 3 aliphatic heterocycles. The molecule has 2 saturated heterocycles. The van der Waals surface area contributed by atoms with Gasteiger partial charge in [-0.05, 0) is 94.5 Å². The van der Waals surface area contributed by atoms with Crippen LogP contribution in [0.15, 0.2) is 36.4 Å². The number of amides is 1. The van der Waals surface area contributed by atoms with Crippen LogP contribution >= 0.6 is 11.6 Å². The van der Waals surface area contributed by atoms with Crippen molar-refractivity contribution in [1.29, 1.82) is 0 Å². The number of aliphatic hydroxyl groups is 1. The summed E-state index contributed by atoms with van der Waals surface area (Å²) in [4.78, 5) is 17.6. The SMILES string of the molecule is CCC(C)(O)C#Cc1ccc2c(c1)CCN(c1ccc(OC3C[C@H]4CC[C@@H](C3)N4C)c(Cl)c1)C2=O. The first-order chi connectivity index (χ1) is 16.7. The summed E-state index contributed by atoms with van der Waals surface area (Å²) in [6.07, 6.45) is 6.05. The van der Waals surface area contributed by atoms with Gasteiger partial charge in [-0.2, -0.15) is 0 Å². The number of hydrogen-bond donors (Lipinski definition) is 1. The van der Waals surface area contributed by atoms with Crippen LogP contribution in [0.5, 0.6) is 5.75 Å². The zero-order valence-corrected chi connectivity index (χ0v) is 21.4. The molecule has 2 aromatic carbocycles. The zero-order valence-electron chi connectivity index (χ0n) is 20.7. The number of nitrogens with zero attached hydrogens (tertiary/aromatic N) is 2. The summed E-state index contributed by atoms with van der Waals surface area (Å²) >= 11 is 6.63. The Balaban J connectivity index is 1.29. The van der Waals surface area contributed by atoms with Gasteiger partial charge in [-0.3, -0.25) is 4.79 Å². The van der Waals surface area contributed by atoms with E-state index in [2.05, 4.69) is 23.8 Å². The normalized spacial score (nSPS) is 25.5. The minimum Gasteiger partial charge on any atom is -0.489 e. The average molecular weight is 493 g/mol. The lowest BCUT2D eigenvalue weighted by atomic mass is 9.95. The Morgan fingerprint density at radius 2 is 1.91 bits per heavy atom. The summed E-state index contributed by atoms with van der Waals surface area (Å²) in [5.74, 6) is 6.61. The Labute approximate surface area is 213 Å². The van der Waals surface area contributed by atoms with Gasteiger partial charge >= 0.3 is 0 Å². The summed E-state index contributed by atoms with van der Waals surface area (Å²) in [5.41, 5.74) is 2.25. The predicted molar refractivity (Wildman–Crippen MR) is 139 cm³/mol. The van der Waals surface area contributed by atoms with Crippen LogP contribution in [0, 0.1) is 11.8 Å². The predicted octanol–water partition coefficient (Wildman–Crippen LogP) is 5.06. The van der Waals surface area contributed by atoms with Gasteiger partial charge in [-0.25, -0.2) is 0 Å². The maximum Gasteiger partial charge on any atom is 0.258 e. The molecular weight excluding hydrogens is 460 g/mol. The number of rotatable bonds is 4. The first-order valence-corrected chi connectivity index (χ1v) is 13.0. The first-order valence-electron chi connectivity index (χ1n) is 12.6. The fraction of sp³-hybridized carbons (Fsp3) is 0.483. The lowest BCUT2D eigenvalue weighted by Crippen LogP contribution is -2.43. The molecule has 2 aromatic rings. The molecule has 5 nitrogen and oxygen atoms in total. The summed E-state index contributed by atoms with van der Waals surface area (Å²) in [6.45, 7) is 4.18. The molecule has 3 aliphatic rings. The summed E-state index contributed by atoms with van der Waals surface area (Å²) in [7, 11) is 2.22. The molecule has 0 saturated carbocycles. The molecule has 0 radical (unpaired) electrons. The third-order valence-corrected chi connectivity index (χ3v) is 8.22. The van der Waals surface area contributed by atoms with E-state index >= 15 is 0 Å². The van der Waals surface area contributed by atoms with Crippen molar-refractivity contribution in [2.24, 2.45) is 0 Å². The Hall–Kier alpha value is -2.52. The minimum absolute atomic E-state index is 0.0389. The smallest absolute Gasteiger partial charge is 0.258 e. The van der Waals surface area contributed by atoms with E-state index in [1.54, 1.807) is 11.8 Å². The molecule has 2 bridgehead atoms. The van der Waals surface area contributed by atoms with Crippen molar-refractivity contribution in [3.05, 3.63) is 58.1 Å². The highest BCUT2D eigenvalue weighted by molar-refractivity contribution is 6.32. The van der Waals surface area contributed by atoms with Crippen LogP contribution in [0.4, 0.5) is 5.69 Å². The molecule has 184 valence electrons. The van der Waals surface area contributed by atoms with Gasteiger partial charge in [0.2, 0.25) is 0 Å². The van der Waals surface area contributed by atoms with Crippen molar-refractivity contribution in [3.8, 4) is 17.6 Å². The standard InChI is InChI=1S/C29H33ClN2O3/c1-4-29(2,34)13-11-19-5-9-25-20(15-19)12-14-32(28(25)33)23-8-10-27(26(30)18-23)35-24-16-21-6-7-22(17-24)31(21)3/h5,8-10,15,18,21-22,24,34H,4,6-7,12,14,16-17H2,1-3H3/t21-,22+,24?,29?. The molecule has 0 spiro atoms. The quantitative estimate of drug-likeness (QED) is 0.606. The van der Waals surface area contributed by atoms with Gasteiger partial charge in [0.05, 0.1) is 5.02 Å². The van der Waals surface area contributed by atoms with Crippen molar-refractivity contribution in [2.75, 3.05) is 18.5 Å². The molecule has 6 heteroatoms. The number of piperidine rings is 1. The second kappa shape index (κ2) is 9.50. The third kappa shape index (κ3) is 4.93. The zero-order chi connectivity index (χ0) is 24.7. The lowest BCUT2D eigenvalue weighted by Gasteiger charge is -2.36. The molecule has 1 N–H and O–H groups in total. The van der Waals surface area contributed by atoms with Crippen molar-refractivity contribution in [1.82, 2.24) is 4.90 Å². The highest BCUT2D eigenvalue weighted by Gasteiger charge is 2.39. The van der Waals surface area contributed by atoms with E-state index in [0.29, 0.717) is 41.4 Å². The maximum absolute atomic E-state index is 13.3. The topological polar surface area (TPSA) is 53.0 Å². The first kappa shape index (κ1) is 24.2. The number of benzene rings is 2. The maximum atomic E-state index is 13.3. The molecular formula is C29H33ClN2O3. The third-order valence-electron chi connectivity index (χ3n) is 7.93. The Kier molecular flexibility index (Phi) is 6.57. The second-order valence-electron chi connectivity index (χ2n) is 10.3. The number of carbonyl (C=O) groups excluding carboxylic acids is 1. The summed E-state index contributed by atoms with van der Waals surface area (Å²) in [5, 5.41) is 10.7. The number of ether oxygens (including phenoxy) is 1. The fourth-order valence-corrected chi connectivity index (χ4v) is 5.72. The van der Waals surface area contributed by atoms with Crippen LogP contribution in [-0.4, -0.2) is 53.3 Å². The van der Waals surface area contributed by atoms with Crippen molar-refractivity contribution in [3.63, 3.8) is 0 Å². The molecule has 35 heavy (non-hydrogen) atoms. The Morgan fingerprint density at radius 1 is 1.17 bits per heavy atom. The number of carbonyl (C=O) groups is 1. The molecule has 2 fully saturated rings. The molecule has 2 unspecified atom stereocenters. The Morgan fingerprint density at radius 3 is 2.60 bits per heavy atom. The monoisotopic (exact) mass is 492 g/mol. The van der Waals surface area contributed by atoms with E-state index in [4.69, 9.17) is 16.3 Å². The van der Waals surface area contributed by atoms with E-state index < -0.39 is 5.60 Å². The number of fused-ring (bicyclic) bond motifs is 3. The lowest BCUT2D eigenvalue weighted by molar-refractivity contribution is 0.0662. The highest BCUT2D eigenvalue weighted by Crippen LogP contribution is 2.38. The van der Waals surface area contributed by atoms with Gasteiger partial charge in [-0.15, -0.1) is 0 Å². The van der Waals surface area contributed by atoms with Crippen molar-refractivity contribution in [2.45, 2.75) is 76.2 Å². The summed E-state index contributed by atoms with van der Waals surface area (Å²) in [6, 6.07) is 12.5. The van der Waals surface area contributed by atoms with Crippen molar-refractivity contribution < 1.29 is 14.6 Å². The average Bonchev–Trinajstić information content (AvgIpc) is 3.04. The van der Waals surface area contributed by atoms with E-state index in [1.165, 1.54) is 12.8 Å². The van der Waals surface area contributed by atoms with Gasteiger partial charge in [0, 0.05) is 35.4 Å². The molecule has 4 atom stereocenters. The van der Waals surface area contributed by atoms with Crippen LogP contribution < -0.4 is 9.64 Å². The summed E-state index contributed by atoms with van der Waals surface area (Å²) < 4.78 is 6.32. The molecule has 1 amide bonds. The van der Waals surface area contributed by atoms with Crippen LogP contribution in [0.3, 0.4) is 0 Å². The fourth-order valence-electron chi connectivity index (χ4n) is 5.50. The van der Waals surface area contributed by atoms with Gasteiger partial charge in [0.1, 0.15) is 17.5 Å².